The minimum absolute atomic E-state index is 0.147. The van der Waals surface area contributed by atoms with Crippen LogP contribution in [0.4, 0.5) is 0 Å². The van der Waals surface area contributed by atoms with Crippen LogP contribution in [0.5, 0.6) is 0 Å². The molecule has 0 bridgehead atoms. The number of benzene rings is 2. The Bertz CT molecular complexity index is 776. The van der Waals surface area contributed by atoms with Crippen molar-refractivity contribution < 1.29 is 9.59 Å². The lowest BCUT2D eigenvalue weighted by Gasteiger charge is -2.12. The van der Waals surface area contributed by atoms with E-state index in [2.05, 4.69) is 10.6 Å². The van der Waals surface area contributed by atoms with Crippen molar-refractivity contribution in [1.29, 1.82) is 0 Å². The number of hydrogen-bond donors (Lipinski definition) is 2. The number of hydrogen-bond acceptors (Lipinski definition) is 2. The van der Waals surface area contributed by atoms with Crippen LogP contribution in [-0.2, 0) is 16.1 Å². The van der Waals surface area contributed by atoms with E-state index in [1.807, 2.05) is 37.3 Å². The Kier molecular flexibility index (Phi) is 7.04. The van der Waals surface area contributed by atoms with Crippen molar-refractivity contribution in [3.8, 4) is 0 Å². The number of rotatable bonds is 6. The second kappa shape index (κ2) is 9.25. The fraction of sp³-hybridized carbons (Fsp3) is 0.158. The largest absolute Gasteiger partial charge is 0.348 e. The molecule has 0 radical (unpaired) electrons. The molecule has 1 atom stereocenters. The average Bonchev–Trinajstić information content (AvgIpc) is 2.61. The normalized spacial score (nSPS) is 12.0. The molecule has 2 aromatic rings. The molecule has 4 nitrogen and oxygen atoms in total. The van der Waals surface area contributed by atoms with Crippen molar-refractivity contribution in [2.24, 2.45) is 0 Å². The molecule has 0 fully saturated rings. The maximum absolute atomic E-state index is 11.9. The first kappa shape index (κ1) is 19.0. The van der Waals surface area contributed by atoms with Crippen LogP contribution in [0, 0.1) is 0 Å². The Morgan fingerprint density at radius 1 is 1.04 bits per heavy atom. The van der Waals surface area contributed by atoms with Crippen molar-refractivity contribution in [1.82, 2.24) is 10.6 Å². The van der Waals surface area contributed by atoms with E-state index in [1.165, 1.54) is 12.2 Å². The molecule has 2 rings (SSSR count). The van der Waals surface area contributed by atoms with E-state index in [4.69, 9.17) is 23.2 Å². The molecule has 6 heteroatoms. The lowest BCUT2D eigenvalue weighted by atomic mass is 10.1. The number of halogens is 2. The molecule has 0 saturated heterocycles. The Hall–Kier alpha value is -2.30. The molecule has 0 aromatic heterocycles. The zero-order chi connectivity index (χ0) is 18.2. The molecule has 2 amide bonds. The van der Waals surface area contributed by atoms with Crippen molar-refractivity contribution >= 4 is 35.0 Å². The van der Waals surface area contributed by atoms with Gasteiger partial charge >= 0.3 is 0 Å². The molecule has 0 unspecified atom stereocenters. The Balaban J connectivity index is 1.83. The second-order valence-electron chi connectivity index (χ2n) is 5.43. The SMILES string of the molecule is C[C@@H](NC(=O)/C=C/C(=O)NCc1cc(Cl)ccc1Cl)c1ccccc1. The molecular weight excluding hydrogens is 359 g/mol. The molecule has 0 aliphatic carbocycles. The van der Waals surface area contributed by atoms with Crippen LogP contribution in [0.2, 0.25) is 10.0 Å². The van der Waals surface area contributed by atoms with E-state index < -0.39 is 5.91 Å². The van der Waals surface area contributed by atoms with Gasteiger partial charge in [-0.05, 0) is 36.2 Å². The third-order valence-electron chi connectivity index (χ3n) is 3.51. The van der Waals surface area contributed by atoms with Gasteiger partial charge < -0.3 is 10.6 Å². The summed E-state index contributed by atoms with van der Waals surface area (Å²) in [4.78, 5) is 23.7. The smallest absolute Gasteiger partial charge is 0.244 e. The van der Waals surface area contributed by atoms with Crippen molar-refractivity contribution in [3.63, 3.8) is 0 Å². The highest BCUT2D eigenvalue weighted by atomic mass is 35.5. The average molecular weight is 377 g/mol. The van der Waals surface area contributed by atoms with Crippen LogP contribution in [0.25, 0.3) is 0 Å². The van der Waals surface area contributed by atoms with Crippen molar-refractivity contribution in [3.05, 3.63) is 81.9 Å². The molecule has 2 N–H and O–H groups in total. The molecule has 0 heterocycles. The van der Waals surface area contributed by atoms with Gasteiger partial charge in [0, 0.05) is 28.7 Å². The topological polar surface area (TPSA) is 58.2 Å². The maximum atomic E-state index is 11.9. The van der Waals surface area contributed by atoms with Crippen LogP contribution in [-0.4, -0.2) is 11.8 Å². The third-order valence-corrected chi connectivity index (χ3v) is 4.11. The lowest BCUT2D eigenvalue weighted by Crippen LogP contribution is -2.26. The van der Waals surface area contributed by atoms with Gasteiger partial charge in [-0.15, -0.1) is 0 Å². The van der Waals surface area contributed by atoms with Crippen LogP contribution >= 0.6 is 23.2 Å². The van der Waals surface area contributed by atoms with E-state index in [-0.39, 0.29) is 18.5 Å². The highest BCUT2D eigenvalue weighted by Gasteiger charge is 2.07. The maximum Gasteiger partial charge on any atom is 0.244 e. The van der Waals surface area contributed by atoms with E-state index >= 15 is 0 Å². The minimum Gasteiger partial charge on any atom is -0.348 e. The van der Waals surface area contributed by atoms with Crippen molar-refractivity contribution in [2.45, 2.75) is 19.5 Å². The summed E-state index contributed by atoms with van der Waals surface area (Å²) in [6.07, 6.45) is 2.39. The number of carbonyl (C=O) groups excluding carboxylic acids is 2. The Morgan fingerprint density at radius 3 is 2.44 bits per heavy atom. The fourth-order valence-electron chi connectivity index (χ4n) is 2.16. The molecule has 2 aromatic carbocycles. The first-order valence-electron chi connectivity index (χ1n) is 7.71. The first-order valence-corrected chi connectivity index (χ1v) is 8.46. The van der Waals surface area contributed by atoms with Gasteiger partial charge in [0.05, 0.1) is 6.04 Å². The number of amides is 2. The summed E-state index contributed by atoms with van der Waals surface area (Å²) >= 11 is 11.9. The van der Waals surface area contributed by atoms with E-state index in [1.54, 1.807) is 18.2 Å². The molecule has 25 heavy (non-hydrogen) atoms. The molecule has 0 saturated carbocycles. The van der Waals surface area contributed by atoms with Crippen LogP contribution < -0.4 is 10.6 Å². The summed E-state index contributed by atoms with van der Waals surface area (Å²) in [5.41, 5.74) is 1.70. The number of nitrogens with one attached hydrogen (secondary N) is 2. The van der Waals surface area contributed by atoms with Gasteiger partial charge in [-0.1, -0.05) is 53.5 Å². The molecule has 130 valence electrons. The van der Waals surface area contributed by atoms with Crippen molar-refractivity contribution in [2.75, 3.05) is 0 Å². The molecule has 0 aliphatic rings. The zero-order valence-electron chi connectivity index (χ0n) is 13.6. The summed E-state index contributed by atoms with van der Waals surface area (Å²) in [6.45, 7) is 2.10. The number of carbonyl (C=O) groups is 2. The summed E-state index contributed by atoms with van der Waals surface area (Å²) < 4.78 is 0. The van der Waals surface area contributed by atoms with Crippen LogP contribution in [0.15, 0.2) is 60.7 Å². The van der Waals surface area contributed by atoms with Crippen LogP contribution in [0.3, 0.4) is 0 Å². The highest BCUT2D eigenvalue weighted by Crippen LogP contribution is 2.20. The molecule has 0 aliphatic heterocycles. The monoisotopic (exact) mass is 376 g/mol. The predicted molar refractivity (Wildman–Crippen MR) is 100 cm³/mol. The molecular formula is C19H18Cl2N2O2. The van der Waals surface area contributed by atoms with Gasteiger partial charge in [0.25, 0.3) is 0 Å². The highest BCUT2D eigenvalue weighted by molar-refractivity contribution is 6.33. The summed E-state index contributed by atoms with van der Waals surface area (Å²) in [7, 11) is 0. The summed E-state index contributed by atoms with van der Waals surface area (Å²) in [6, 6.07) is 14.5. The van der Waals surface area contributed by atoms with Gasteiger partial charge in [0.2, 0.25) is 11.8 Å². The van der Waals surface area contributed by atoms with E-state index in [0.717, 1.165) is 5.56 Å². The lowest BCUT2D eigenvalue weighted by molar-refractivity contribution is -0.119. The van der Waals surface area contributed by atoms with E-state index in [9.17, 15) is 9.59 Å². The van der Waals surface area contributed by atoms with E-state index in [0.29, 0.717) is 15.6 Å². The van der Waals surface area contributed by atoms with Gasteiger partial charge in [0.1, 0.15) is 0 Å². The Morgan fingerprint density at radius 2 is 1.72 bits per heavy atom. The quantitative estimate of drug-likeness (QED) is 0.747. The zero-order valence-corrected chi connectivity index (χ0v) is 15.1. The van der Waals surface area contributed by atoms with Gasteiger partial charge in [-0.3, -0.25) is 9.59 Å². The van der Waals surface area contributed by atoms with Gasteiger partial charge in [-0.2, -0.15) is 0 Å². The van der Waals surface area contributed by atoms with Gasteiger partial charge in [0.15, 0.2) is 0 Å². The Labute approximate surface area is 156 Å². The molecule has 0 spiro atoms. The summed E-state index contributed by atoms with van der Waals surface area (Å²) in [5, 5.41) is 6.51. The standard InChI is InChI=1S/C19H18Cl2N2O2/c1-13(14-5-3-2-4-6-14)23-19(25)10-9-18(24)22-12-15-11-16(20)7-8-17(15)21/h2-11,13H,12H2,1H3,(H,22,24)(H,23,25)/b10-9+/t13-/m1/s1. The predicted octanol–water partition coefficient (Wildman–Crippen LogP) is 4.04. The first-order chi connectivity index (χ1) is 12.0. The van der Waals surface area contributed by atoms with Gasteiger partial charge in [-0.25, -0.2) is 0 Å². The minimum atomic E-state index is -0.390. The third kappa shape index (κ3) is 6.25. The van der Waals surface area contributed by atoms with Crippen LogP contribution in [0.1, 0.15) is 24.1 Å². The fourth-order valence-corrected chi connectivity index (χ4v) is 2.54. The second-order valence-corrected chi connectivity index (χ2v) is 6.27. The summed E-state index contributed by atoms with van der Waals surface area (Å²) in [5.74, 6) is -0.731.